The Morgan fingerprint density at radius 2 is 1.95 bits per heavy atom. The summed E-state index contributed by atoms with van der Waals surface area (Å²) >= 11 is 0. The molecule has 0 saturated heterocycles. The lowest BCUT2D eigenvalue weighted by molar-refractivity contribution is -0.141. The second-order valence-electron chi connectivity index (χ2n) is 4.86. The van der Waals surface area contributed by atoms with Crippen molar-refractivity contribution < 1.29 is 19.5 Å². The maximum Gasteiger partial charge on any atom is 0.326 e. The maximum absolute atomic E-state index is 11.8. The number of nitrogens with two attached hydrogens (primary N) is 1. The third-order valence-corrected chi connectivity index (χ3v) is 3.11. The number of primary amides is 1. The first-order valence-corrected chi connectivity index (χ1v) is 7.10. The van der Waals surface area contributed by atoms with E-state index >= 15 is 0 Å². The Morgan fingerprint density at radius 3 is 2.55 bits per heavy atom. The Labute approximate surface area is 128 Å². The fraction of sp³-hybridized carbons (Fsp3) is 0.400. The number of hydrogen-bond donors (Lipinski definition) is 4. The number of nitrogens with one attached hydrogen (secondary N) is 2. The van der Waals surface area contributed by atoms with E-state index in [0.29, 0.717) is 12.1 Å². The topological polar surface area (TPSA) is 122 Å². The summed E-state index contributed by atoms with van der Waals surface area (Å²) in [5.41, 5.74) is 5.95. The van der Waals surface area contributed by atoms with E-state index in [9.17, 15) is 14.4 Å². The Kier molecular flexibility index (Phi) is 6.88. The third-order valence-electron chi connectivity index (χ3n) is 3.11. The van der Waals surface area contributed by atoms with Crippen molar-refractivity contribution in [3.8, 4) is 0 Å². The largest absolute Gasteiger partial charge is 0.480 e. The molecule has 0 aliphatic carbocycles. The Hall–Kier alpha value is -2.57. The highest BCUT2D eigenvalue weighted by molar-refractivity contribution is 5.99. The average Bonchev–Trinajstić information content (AvgIpc) is 2.49. The van der Waals surface area contributed by atoms with Crippen LogP contribution in [0.4, 0.5) is 5.69 Å². The number of amides is 2. The number of aliphatic carboxylic acids is 1. The number of para-hydroxylation sites is 1. The Morgan fingerprint density at radius 1 is 1.27 bits per heavy atom. The predicted octanol–water partition coefficient (Wildman–Crippen LogP) is 0.957. The van der Waals surface area contributed by atoms with E-state index in [4.69, 9.17) is 10.8 Å². The molecule has 1 unspecified atom stereocenters. The van der Waals surface area contributed by atoms with Crippen LogP contribution in [0.5, 0.6) is 0 Å². The van der Waals surface area contributed by atoms with Gasteiger partial charge in [-0.15, -0.1) is 0 Å². The van der Waals surface area contributed by atoms with E-state index in [1.54, 1.807) is 24.3 Å². The van der Waals surface area contributed by atoms with Gasteiger partial charge in [0.15, 0.2) is 0 Å². The first kappa shape index (κ1) is 17.5. The summed E-state index contributed by atoms with van der Waals surface area (Å²) in [5, 5.41) is 14.3. The summed E-state index contributed by atoms with van der Waals surface area (Å²) in [4.78, 5) is 34.1. The van der Waals surface area contributed by atoms with Crippen LogP contribution >= 0.6 is 0 Å². The van der Waals surface area contributed by atoms with Crippen LogP contribution in [0.3, 0.4) is 0 Å². The van der Waals surface area contributed by atoms with Gasteiger partial charge < -0.3 is 21.5 Å². The van der Waals surface area contributed by atoms with Crippen molar-refractivity contribution in [3.63, 3.8) is 0 Å². The van der Waals surface area contributed by atoms with Gasteiger partial charge in [0.05, 0.1) is 12.1 Å². The van der Waals surface area contributed by atoms with Crippen molar-refractivity contribution in [1.82, 2.24) is 5.32 Å². The Balaban J connectivity index is 2.59. The van der Waals surface area contributed by atoms with Crippen molar-refractivity contribution in [2.24, 2.45) is 5.73 Å². The van der Waals surface area contributed by atoms with Gasteiger partial charge in [-0.1, -0.05) is 31.9 Å². The molecule has 0 aliphatic rings. The van der Waals surface area contributed by atoms with Gasteiger partial charge in [0.2, 0.25) is 5.91 Å². The molecule has 0 aliphatic heterocycles. The third kappa shape index (κ3) is 5.43. The average molecular weight is 307 g/mol. The number of carbonyl (C=O) groups is 3. The van der Waals surface area contributed by atoms with Gasteiger partial charge in [0.25, 0.3) is 5.91 Å². The first-order chi connectivity index (χ1) is 10.5. The van der Waals surface area contributed by atoms with Gasteiger partial charge in [-0.3, -0.25) is 9.59 Å². The van der Waals surface area contributed by atoms with Crippen LogP contribution in [0.15, 0.2) is 24.3 Å². The normalized spacial score (nSPS) is 11.5. The van der Waals surface area contributed by atoms with Gasteiger partial charge in [0.1, 0.15) is 6.04 Å². The molecule has 0 bridgehead atoms. The van der Waals surface area contributed by atoms with Crippen LogP contribution in [-0.2, 0) is 9.59 Å². The summed E-state index contributed by atoms with van der Waals surface area (Å²) in [6, 6.07) is 5.63. The standard InChI is InChI=1S/C15H21N3O4/c1-2-3-7-12(15(21)22)18-13(19)9-17-11-8-5-4-6-10(11)14(16)20/h4-6,8,12,17H,2-3,7,9H2,1H3,(H2,16,20)(H,18,19)(H,21,22). The molecule has 1 rings (SSSR count). The number of unbranched alkanes of at least 4 members (excludes halogenated alkanes) is 1. The number of rotatable bonds is 9. The first-order valence-electron chi connectivity index (χ1n) is 7.10. The van der Waals surface area contributed by atoms with Gasteiger partial charge in [0, 0.05) is 5.69 Å². The second-order valence-corrected chi connectivity index (χ2v) is 4.86. The monoisotopic (exact) mass is 307 g/mol. The van der Waals surface area contributed by atoms with Crippen molar-refractivity contribution in [2.75, 3.05) is 11.9 Å². The molecule has 2 amide bonds. The number of benzene rings is 1. The molecule has 1 aromatic rings. The molecule has 0 aromatic heterocycles. The summed E-state index contributed by atoms with van der Waals surface area (Å²) < 4.78 is 0. The number of anilines is 1. The smallest absolute Gasteiger partial charge is 0.326 e. The molecule has 120 valence electrons. The van der Waals surface area contributed by atoms with E-state index in [1.165, 1.54) is 0 Å². The zero-order chi connectivity index (χ0) is 16.5. The lowest BCUT2D eigenvalue weighted by atomic mass is 10.1. The molecular formula is C15H21N3O4. The molecule has 22 heavy (non-hydrogen) atoms. The SMILES string of the molecule is CCCCC(NC(=O)CNc1ccccc1C(N)=O)C(=O)O. The predicted molar refractivity (Wildman–Crippen MR) is 82.5 cm³/mol. The number of carbonyl (C=O) groups excluding carboxylic acids is 2. The molecular weight excluding hydrogens is 286 g/mol. The second kappa shape index (κ2) is 8.66. The molecule has 0 fully saturated rings. The summed E-state index contributed by atoms with van der Waals surface area (Å²) in [7, 11) is 0. The minimum absolute atomic E-state index is 0.139. The van der Waals surface area contributed by atoms with Crippen LogP contribution in [0, 0.1) is 0 Å². The zero-order valence-corrected chi connectivity index (χ0v) is 12.5. The zero-order valence-electron chi connectivity index (χ0n) is 12.5. The van der Waals surface area contributed by atoms with E-state index in [-0.39, 0.29) is 12.1 Å². The molecule has 7 nitrogen and oxygen atoms in total. The van der Waals surface area contributed by atoms with Gasteiger partial charge >= 0.3 is 5.97 Å². The summed E-state index contributed by atoms with van der Waals surface area (Å²) in [6.07, 6.45) is 1.95. The lowest BCUT2D eigenvalue weighted by Gasteiger charge is -2.15. The van der Waals surface area contributed by atoms with Gasteiger partial charge in [-0.05, 0) is 18.6 Å². The van der Waals surface area contributed by atoms with Gasteiger partial charge in [-0.2, -0.15) is 0 Å². The van der Waals surface area contributed by atoms with Crippen LogP contribution in [0.2, 0.25) is 0 Å². The highest BCUT2D eigenvalue weighted by atomic mass is 16.4. The minimum atomic E-state index is -1.06. The molecule has 0 radical (unpaired) electrons. The van der Waals surface area contributed by atoms with Crippen LogP contribution in [0.25, 0.3) is 0 Å². The van der Waals surface area contributed by atoms with Crippen molar-refractivity contribution in [1.29, 1.82) is 0 Å². The molecule has 5 N–H and O–H groups in total. The fourth-order valence-corrected chi connectivity index (χ4v) is 1.94. The summed E-state index contributed by atoms with van der Waals surface area (Å²) in [6.45, 7) is 1.81. The van der Waals surface area contributed by atoms with E-state index in [2.05, 4.69) is 10.6 Å². The molecule has 0 saturated carbocycles. The van der Waals surface area contributed by atoms with Crippen molar-refractivity contribution in [2.45, 2.75) is 32.2 Å². The highest BCUT2D eigenvalue weighted by Gasteiger charge is 2.19. The van der Waals surface area contributed by atoms with E-state index < -0.39 is 23.8 Å². The highest BCUT2D eigenvalue weighted by Crippen LogP contribution is 2.13. The van der Waals surface area contributed by atoms with Crippen LogP contribution in [0.1, 0.15) is 36.5 Å². The van der Waals surface area contributed by atoms with E-state index in [0.717, 1.165) is 12.8 Å². The fourth-order valence-electron chi connectivity index (χ4n) is 1.94. The number of carboxylic acids is 1. The number of hydrogen-bond acceptors (Lipinski definition) is 4. The van der Waals surface area contributed by atoms with Crippen LogP contribution < -0.4 is 16.4 Å². The Bertz CT molecular complexity index is 545. The minimum Gasteiger partial charge on any atom is -0.480 e. The van der Waals surface area contributed by atoms with Gasteiger partial charge in [-0.25, -0.2) is 4.79 Å². The van der Waals surface area contributed by atoms with E-state index in [1.807, 2.05) is 6.92 Å². The molecule has 0 heterocycles. The molecule has 1 atom stereocenters. The van der Waals surface area contributed by atoms with Crippen molar-refractivity contribution >= 4 is 23.5 Å². The number of carboxylic acid groups (broad SMARTS) is 1. The maximum atomic E-state index is 11.8. The van der Waals surface area contributed by atoms with Crippen molar-refractivity contribution in [3.05, 3.63) is 29.8 Å². The summed E-state index contributed by atoms with van der Waals surface area (Å²) in [5.74, 6) is -2.11. The molecule has 7 heteroatoms. The quantitative estimate of drug-likeness (QED) is 0.541. The van der Waals surface area contributed by atoms with Crippen LogP contribution in [-0.4, -0.2) is 35.5 Å². The molecule has 0 spiro atoms. The molecule has 1 aromatic carbocycles. The lowest BCUT2D eigenvalue weighted by Crippen LogP contribution is -2.43.